The minimum absolute atomic E-state index is 0.237. The smallest absolute Gasteiger partial charge is 0.137 e. The van der Waals surface area contributed by atoms with Crippen LogP contribution < -0.4 is 5.32 Å². The van der Waals surface area contributed by atoms with Gasteiger partial charge in [0, 0.05) is 31.0 Å². The van der Waals surface area contributed by atoms with Crippen LogP contribution in [0.1, 0.15) is 23.7 Å². The largest absolute Gasteiger partial charge is 0.381 e. The molecule has 0 saturated carbocycles. The van der Waals surface area contributed by atoms with E-state index >= 15 is 0 Å². The van der Waals surface area contributed by atoms with Crippen molar-refractivity contribution in [2.24, 2.45) is 7.05 Å². The third kappa shape index (κ3) is 3.15. The van der Waals surface area contributed by atoms with E-state index in [1.165, 1.54) is 11.6 Å². The van der Waals surface area contributed by atoms with Crippen molar-refractivity contribution in [1.29, 1.82) is 0 Å². The fourth-order valence-corrected chi connectivity index (χ4v) is 2.40. The monoisotopic (exact) mass is 325 g/mol. The summed E-state index contributed by atoms with van der Waals surface area (Å²) < 4.78 is 15.7. The zero-order chi connectivity index (χ0) is 14.0. The highest BCUT2D eigenvalue weighted by Gasteiger charge is 2.08. The number of rotatable bonds is 4. The van der Waals surface area contributed by atoms with Crippen LogP contribution in [0.4, 0.5) is 10.1 Å². The van der Waals surface area contributed by atoms with Gasteiger partial charge in [-0.1, -0.05) is 6.92 Å². The number of nitrogens with zero attached hydrogens (tertiary/aromatic N) is 2. The van der Waals surface area contributed by atoms with Gasteiger partial charge >= 0.3 is 0 Å². The van der Waals surface area contributed by atoms with Gasteiger partial charge in [0.15, 0.2) is 0 Å². The van der Waals surface area contributed by atoms with Crippen LogP contribution >= 0.6 is 15.9 Å². The molecule has 0 radical (unpaired) electrons. The Balaban J connectivity index is 2.16. The number of aromatic nitrogens is 2. The lowest BCUT2D eigenvalue weighted by Gasteiger charge is -2.10. The molecule has 1 aromatic carbocycles. The van der Waals surface area contributed by atoms with Gasteiger partial charge in [-0.2, -0.15) is 5.10 Å². The molecule has 2 rings (SSSR count). The van der Waals surface area contributed by atoms with Gasteiger partial charge < -0.3 is 5.32 Å². The van der Waals surface area contributed by atoms with Gasteiger partial charge in [0.25, 0.3) is 0 Å². The van der Waals surface area contributed by atoms with E-state index in [0.717, 1.165) is 23.4 Å². The molecule has 0 unspecified atom stereocenters. The fraction of sp³-hybridized carbons (Fsp3) is 0.357. The minimum atomic E-state index is -0.237. The van der Waals surface area contributed by atoms with E-state index in [-0.39, 0.29) is 5.82 Å². The maximum atomic E-state index is 13.4. The highest BCUT2D eigenvalue weighted by Crippen LogP contribution is 2.24. The minimum Gasteiger partial charge on any atom is -0.381 e. The molecule has 5 heteroatoms. The predicted molar refractivity (Wildman–Crippen MR) is 78.7 cm³/mol. The van der Waals surface area contributed by atoms with Crippen molar-refractivity contribution in [3.63, 3.8) is 0 Å². The quantitative estimate of drug-likeness (QED) is 0.926. The van der Waals surface area contributed by atoms with Crippen molar-refractivity contribution in [3.05, 3.63) is 45.4 Å². The molecule has 3 nitrogen and oxygen atoms in total. The Bertz CT molecular complexity index is 593. The molecule has 102 valence electrons. The highest BCUT2D eigenvalue weighted by molar-refractivity contribution is 9.10. The summed E-state index contributed by atoms with van der Waals surface area (Å²) in [4.78, 5) is 0. The van der Waals surface area contributed by atoms with Crippen LogP contribution in [0.2, 0.25) is 0 Å². The SMILES string of the molecule is CCc1nn(C)cc1CNc1cc(Br)c(F)cc1C. The molecule has 1 heterocycles. The lowest BCUT2D eigenvalue weighted by Crippen LogP contribution is -2.03. The first-order chi connectivity index (χ1) is 9.01. The number of nitrogens with one attached hydrogen (secondary N) is 1. The highest BCUT2D eigenvalue weighted by atomic mass is 79.9. The summed E-state index contributed by atoms with van der Waals surface area (Å²) in [7, 11) is 1.92. The zero-order valence-electron chi connectivity index (χ0n) is 11.3. The molecule has 0 amide bonds. The Morgan fingerprint density at radius 2 is 2.16 bits per heavy atom. The number of hydrogen-bond acceptors (Lipinski definition) is 2. The van der Waals surface area contributed by atoms with Crippen LogP contribution in [0, 0.1) is 12.7 Å². The lowest BCUT2D eigenvalue weighted by molar-refractivity contribution is 0.620. The van der Waals surface area contributed by atoms with E-state index in [4.69, 9.17) is 0 Å². The van der Waals surface area contributed by atoms with Crippen molar-refractivity contribution in [3.8, 4) is 0 Å². The summed E-state index contributed by atoms with van der Waals surface area (Å²) in [6.45, 7) is 4.67. The molecule has 0 aliphatic carbocycles. The van der Waals surface area contributed by atoms with Crippen LogP contribution in [0.25, 0.3) is 0 Å². The molecule has 0 aliphatic rings. The van der Waals surface area contributed by atoms with Crippen LogP contribution in [-0.4, -0.2) is 9.78 Å². The standard InChI is InChI=1S/C14H17BrFN3/c1-4-13-10(8-19(3)18-13)7-17-14-6-11(15)12(16)5-9(14)2/h5-6,8,17H,4,7H2,1-3H3. The van der Waals surface area contributed by atoms with Gasteiger partial charge in [-0.3, -0.25) is 4.68 Å². The molecule has 0 spiro atoms. The fourth-order valence-electron chi connectivity index (χ4n) is 2.06. The average molecular weight is 326 g/mol. The van der Waals surface area contributed by atoms with E-state index in [1.54, 1.807) is 6.07 Å². The van der Waals surface area contributed by atoms with Crippen LogP contribution in [-0.2, 0) is 20.0 Å². The van der Waals surface area contributed by atoms with Crippen molar-refractivity contribution in [2.45, 2.75) is 26.8 Å². The first-order valence-electron chi connectivity index (χ1n) is 6.22. The predicted octanol–water partition coefficient (Wildman–Crippen LogP) is 3.80. The lowest BCUT2D eigenvalue weighted by atomic mass is 10.1. The molecule has 1 aromatic heterocycles. The van der Waals surface area contributed by atoms with Crippen molar-refractivity contribution >= 4 is 21.6 Å². The van der Waals surface area contributed by atoms with Crippen molar-refractivity contribution in [1.82, 2.24) is 9.78 Å². The normalized spacial score (nSPS) is 10.8. The Morgan fingerprint density at radius 1 is 1.42 bits per heavy atom. The van der Waals surface area contributed by atoms with E-state index in [1.807, 2.05) is 24.9 Å². The van der Waals surface area contributed by atoms with Gasteiger partial charge in [0.05, 0.1) is 10.2 Å². The summed E-state index contributed by atoms with van der Waals surface area (Å²) in [6, 6.07) is 3.29. The number of aryl methyl sites for hydroxylation is 3. The molecule has 2 aromatic rings. The number of halogens is 2. The molecule has 0 saturated heterocycles. The number of hydrogen-bond donors (Lipinski definition) is 1. The average Bonchev–Trinajstić information content (AvgIpc) is 2.72. The van der Waals surface area contributed by atoms with Crippen molar-refractivity contribution in [2.75, 3.05) is 5.32 Å². The number of benzene rings is 1. The molecule has 0 atom stereocenters. The van der Waals surface area contributed by atoms with E-state index in [2.05, 4.69) is 33.3 Å². The Hall–Kier alpha value is -1.36. The first kappa shape index (κ1) is 14.1. The molecule has 0 fully saturated rings. The van der Waals surface area contributed by atoms with Gasteiger partial charge in [0.2, 0.25) is 0 Å². The maximum absolute atomic E-state index is 13.4. The molecule has 1 N–H and O–H groups in total. The molecular formula is C14H17BrFN3. The summed E-state index contributed by atoms with van der Waals surface area (Å²) in [5, 5.41) is 7.74. The summed E-state index contributed by atoms with van der Waals surface area (Å²) in [5.41, 5.74) is 4.08. The van der Waals surface area contributed by atoms with Gasteiger partial charge in [-0.05, 0) is 47.0 Å². The molecular weight excluding hydrogens is 309 g/mol. The molecule has 0 aliphatic heterocycles. The Kier molecular flexibility index (Phi) is 4.24. The summed E-state index contributed by atoms with van der Waals surface area (Å²) in [6.07, 6.45) is 2.92. The van der Waals surface area contributed by atoms with Crippen LogP contribution in [0.5, 0.6) is 0 Å². The zero-order valence-corrected chi connectivity index (χ0v) is 12.9. The first-order valence-corrected chi connectivity index (χ1v) is 7.01. The topological polar surface area (TPSA) is 29.9 Å². The van der Waals surface area contributed by atoms with E-state index in [0.29, 0.717) is 11.0 Å². The van der Waals surface area contributed by atoms with Crippen LogP contribution in [0.15, 0.2) is 22.8 Å². The van der Waals surface area contributed by atoms with E-state index < -0.39 is 0 Å². The third-order valence-corrected chi connectivity index (χ3v) is 3.67. The number of anilines is 1. The van der Waals surface area contributed by atoms with Crippen LogP contribution in [0.3, 0.4) is 0 Å². The van der Waals surface area contributed by atoms with Gasteiger partial charge in [0.1, 0.15) is 5.82 Å². The molecule has 19 heavy (non-hydrogen) atoms. The maximum Gasteiger partial charge on any atom is 0.137 e. The van der Waals surface area contributed by atoms with Gasteiger partial charge in [-0.25, -0.2) is 4.39 Å². The molecule has 0 bridgehead atoms. The Morgan fingerprint density at radius 3 is 2.84 bits per heavy atom. The summed E-state index contributed by atoms with van der Waals surface area (Å²) in [5.74, 6) is -0.237. The second-order valence-corrected chi connectivity index (χ2v) is 5.42. The Labute approximate surface area is 121 Å². The van der Waals surface area contributed by atoms with Gasteiger partial charge in [-0.15, -0.1) is 0 Å². The second-order valence-electron chi connectivity index (χ2n) is 4.56. The second kappa shape index (κ2) is 5.74. The summed E-state index contributed by atoms with van der Waals surface area (Å²) >= 11 is 3.21. The van der Waals surface area contributed by atoms with Crippen molar-refractivity contribution < 1.29 is 4.39 Å². The third-order valence-electron chi connectivity index (χ3n) is 3.06. The van der Waals surface area contributed by atoms with E-state index in [9.17, 15) is 4.39 Å².